The summed E-state index contributed by atoms with van der Waals surface area (Å²) in [6, 6.07) is 2.86. The van der Waals surface area contributed by atoms with Gasteiger partial charge in [0, 0.05) is 10.0 Å². The molecule has 0 saturated carbocycles. The first kappa shape index (κ1) is 9.96. The first-order valence-electron chi connectivity index (χ1n) is 3.49. The average Bonchev–Trinajstić information content (AvgIpc) is 2.06. The summed E-state index contributed by atoms with van der Waals surface area (Å²) in [5.41, 5.74) is 5.86. The summed E-state index contributed by atoms with van der Waals surface area (Å²) in [5, 5.41) is 0.514. The number of rotatable bonds is 2. The Morgan fingerprint density at radius 3 is 2.75 bits per heavy atom. The van der Waals surface area contributed by atoms with Crippen molar-refractivity contribution in [3.05, 3.63) is 33.0 Å². The Kier molecular flexibility index (Phi) is 3.50. The van der Waals surface area contributed by atoms with Crippen LogP contribution in [0.1, 0.15) is 5.56 Å². The highest BCUT2D eigenvalue weighted by Gasteiger charge is 2.08. The zero-order valence-electron chi connectivity index (χ0n) is 6.28. The van der Waals surface area contributed by atoms with Crippen LogP contribution in [-0.2, 0) is 6.42 Å². The van der Waals surface area contributed by atoms with Gasteiger partial charge in [-0.15, -0.1) is 0 Å². The minimum atomic E-state index is -0.267. The zero-order valence-corrected chi connectivity index (χ0v) is 8.62. The van der Waals surface area contributed by atoms with Crippen molar-refractivity contribution in [1.82, 2.24) is 0 Å². The largest absolute Gasteiger partial charge is 0.330 e. The maximum absolute atomic E-state index is 13.1. The topological polar surface area (TPSA) is 26.0 Å². The molecular weight excluding hydrogens is 244 g/mol. The van der Waals surface area contributed by atoms with E-state index in [-0.39, 0.29) is 5.82 Å². The molecular formula is C8H8BrClFN. The molecule has 1 aromatic carbocycles. The predicted octanol–water partition coefficient (Wildman–Crippen LogP) is 2.74. The minimum Gasteiger partial charge on any atom is -0.330 e. The third kappa shape index (κ3) is 1.97. The molecule has 0 aromatic heterocycles. The van der Waals surface area contributed by atoms with Crippen LogP contribution in [-0.4, -0.2) is 6.54 Å². The predicted molar refractivity (Wildman–Crippen MR) is 51.9 cm³/mol. The summed E-state index contributed by atoms with van der Waals surface area (Å²) in [4.78, 5) is 0. The van der Waals surface area contributed by atoms with Gasteiger partial charge in [-0.05, 0) is 41.0 Å². The first-order chi connectivity index (χ1) is 5.66. The summed E-state index contributed by atoms with van der Waals surface area (Å²) >= 11 is 8.97. The molecule has 0 aliphatic heterocycles. The van der Waals surface area contributed by atoms with E-state index < -0.39 is 0 Å². The number of hydrogen-bond acceptors (Lipinski definition) is 1. The van der Waals surface area contributed by atoms with Crippen molar-refractivity contribution in [2.75, 3.05) is 6.54 Å². The van der Waals surface area contributed by atoms with Crippen LogP contribution in [0.25, 0.3) is 0 Å². The van der Waals surface area contributed by atoms with Gasteiger partial charge in [-0.3, -0.25) is 0 Å². The highest BCUT2D eigenvalue weighted by molar-refractivity contribution is 9.10. The van der Waals surface area contributed by atoms with E-state index in [1.807, 2.05) is 0 Å². The highest BCUT2D eigenvalue weighted by Crippen LogP contribution is 2.28. The molecule has 0 aliphatic carbocycles. The molecule has 0 amide bonds. The lowest BCUT2D eigenvalue weighted by Crippen LogP contribution is -2.05. The minimum absolute atomic E-state index is 0.267. The van der Waals surface area contributed by atoms with Gasteiger partial charge in [0.25, 0.3) is 0 Å². The fraction of sp³-hybridized carbons (Fsp3) is 0.250. The van der Waals surface area contributed by atoms with E-state index in [0.29, 0.717) is 28.0 Å². The van der Waals surface area contributed by atoms with Gasteiger partial charge in [0.2, 0.25) is 0 Å². The lowest BCUT2D eigenvalue weighted by atomic mass is 10.1. The van der Waals surface area contributed by atoms with E-state index in [2.05, 4.69) is 15.9 Å². The van der Waals surface area contributed by atoms with Crippen molar-refractivity contribution < 1.29 is 4.39 Å². The van der Waals surface area contributed by atoms with Crippen LogP contribution in [0, 0.1) is 5.82 Å². The molecule has 0 heterocycles. The Bertz CT molecular complexity index is 291. The van der Waals surface area contributed by atoms with Crippen molar-refractivity contribution in [1.29, 1.82) is 0 Å². The quantitative estimate of drug-likeness (QED) is 0.805. The number of halogens is 3. The molecule has 0 bridgehead atoms. The van der Waals surface area contributed by atoms with Crippen LogP contribution < -0.4 is 5.73 Å². The molecule has 1 aromatic rings. The van der Waals surface area contributed by atoms with E-state index in [1.54, 1.807) is 0 Å². The maximum atomic E-state index is 13.1. The Morgan fingerprint density at radius 1 is 1.50 bits per heavy atom. The molecule has 4 heteroatoms. The molecule has 2 N–H and O–H groups in total. The summed E-state index contributed by atoms with van der Waals surface area (Å²) in [6.07, 6.45) is 0.493. The first-order valence-corrected chi connectivity index (χ1v) is 4.66. The van der Waals surface area contributed by atoms with Gasteiger partial charge < -0.3 is 5.73 Å². The van der Waals surface area contributed by atoms with Crippen LogP contribution >= 0.6 is 27.5 Å². The maximum Gasteiger partial charge on any atom is 0.127 e. The second-order valence-electron chi connectivity index (χ2n) is 2.36. The second-order valence-corrected chi connectivity index (χ2v) is 3.56. The number of benzene rings is 1. The second kappa shape index (κ2) is 4.21. The molecule has 66 valence electrons. The van der Waals surface area contributed by atoms with Crippen LogP contribution in [0.5, 0.6) is 0 Å². The van der Waals surface area contributed by atoms with Crippen LogP contribution in [0.4, 0.5) is 4.39 Å². The Hall–Kier alpha value is -0.120. The van der Waals surface area contributed by atoms with Crippen molar-refractivity contribution in [3.8, 4) is 0 Å². The van der Waals surface area contributed by atoms with Crippen molar-refractivity contribution in [2.24, 2.45) is 5.73 Å². The summed E-state index contributed by atoms with van der Waals surface area (Å²) in [5.74, 6) is -0.267. The molecule has 0 unspecified atom stereocenters. The van der Waals surface area contributed by atoms with Crippen LogP contribution in [0.3, 0.4) is 0 Å². The molecule has 1 nitrogen and oxygen atoms in total. The van der Waals surface area contributed by atoms with Gasteiger partial charge in [-0.25, -0.2) is 4.39 Å². The molecule has 12 heavy (non-hydrogen) atoms. The lowest BCUT2D eigenvalue weighted by molar-refractivity contribution is 0.608. The van der Waals surface area contributed by atoms with Crippen LogP contribution in [0.2, 0.25) is 5.02 Å². The fourth-order valence-electron chi connectivity index (χ4n) is 0.943. The van der Waals surface area contributed by atoms with Gasteiger partial charge in [0.05, 0.1) is 5.02 Å². The SMILES string of the molecule is NCCc1c(F)ccc(Cl)c1Br. The number of nitrogens with two attached hydrogens (primary N) is 1. The van der Waals surface area contributed by atoms with Gasteiger partial charge in [0.1, 0.15) is 5.82 Å². The lowest BCUT2D eigenvalue weighted by Gasteiger charge is -2.05. The van der Waals surface area contributed by atoms with Gasteiger partial charge in [-0.2, -0.15) is 0 Å². The Morgan fingerprint density at radius 2 is 2.17 bits per heavy atom. The third-order valence-corrected chi connectivity index (χ3v) is 2.98. The zero-order chi connectivity index (χ0) is 9.14. The summed E-state index contributed by atoms with van der Waals surface area (Å²) in [6.45, 7) is 0.413. The van der Waals surface area contributed by atoms with Gasteiger partial charge >= 0.3 is 0 Å². The molecule has 0 spiro atoms. The molecule has 0 fully saturated rings. The third-order valence-electron chi connectivity index (χ3n) is 1.53. The average molecular weight is 253 g/mol. The van der Waals surface area contributed by atoms with E-state index in [1.165, 1.54) is 12.1 Å². The van der Waals surface area contributed by atoms with Gasteiger partial charge in [0.15, 0.2) is 0 Å². The van der Waals surface area contributed by atoms with Crippen molar-refractivity contribution in [3.63, 3.8) is 0 Å². The molecule has 0 aliphatic rings. The normalized spacial score (nSPS) is 10.3. The summed E-state index contributed by atoms with van der Waals surface area (Å²) in [7, 11) is 0. The Labute approximate surface area is 83.8 Å². The number of hydrogen-bond donors (Lipinski definition) is 1. The van der Waals surface area contributed by atoms with E-state index in [4.69, 9.17) is 17.3 Å². The van der Waals surface area contributed by atoms with Crippen molar-refractivity contribution >= 4 is 27.5 Å². The highest BCUT2D eigenvalue weighted by atomic mass is 79.9. The van der Waals surface area contributed by atoms with E-state index in [9.17, 15) is 4.39 Å². The van der Waals surface area contributed by atoms with E-state index >= 15 is 0 Å². The van der Waals surface area contributed by atoms with Crippen LogP contribution in [0.15, 0.2) is 16.6 Å². The molecule has 0 saturated heterocycles. The standard InChI is InChI=1S/C8H8BrClFN/c9-8-5(3-4-12)7(11)2-1-6(8)10/h1-2H,3-4,12H2. The summed E-state index contributed by atoms with van der Waals surface area (Å²) < 4.78 is 13.7. The molecule has 1 rings (SSSR count). The molecule has 0 atom stereocenters. The monoisotopic (exact) mass is 251 g/mol. The Balaban J connectivity index is 3.14. The van der Waals surface area contributed by atoms with E-state index in [0.717, 1.165) is 0 Å². The van der Waals surface area contributed by atoms with Gasteiger partial charge in [-0.1, -0.05) is 11.6 Å². The fourth-order valence-corrected chi connectivity index (χ4v) is 1.64. The molecule has 0 radical (unpaired) electrons. The van der Waals surface area contributed by atoms with Crippen molar-refractivity contribution in [2.45, 2.75) is 6.42 Å². The smallest absolute Gasteiger partial charge is 0.127 e.